The van der Waals surface area contributed by atoms with Crippen LogP contribution in [0.5, 0.6) is 5.75 Å². The Kier molecular flexibility index (Phi) is 4.74. The third kappa shape index (κ3) is 3.17. The van der Waals surface area contributed by atoms with E-state index in [1.54, 1.807) is 13.2 Å². The van der Waals surface area contributed by atoms with Crippen molar-refractivity contribution in [1.82, 2.24) is 5.32 Å². The molecule has 0 radical (unpaired) electrons. The average Bonchev–Trinajstić information content (AvgIpc) is 2.46. The molecule has 0 saturated carbocycles. The normalized spacial score (nSPS) is 10.6. The molecule has 0 aromatic heterocycles. The molecule has 2 aromatic rings. The maximum atomic E-state index is 13.8. The monoisotopic (exact) mass is 273 g/mol. The molecule has 0 aliphatic heterocycles. The predicted molar refractivity (Wildman–Crippen MR) is 80.5 cm³/mol. The fourth-order valence-electron chi connectivity index (χ4n) is 2.18. The SMILES string of the molecule is CCNCc1cc(-c2cc(C)ccc2OC)ccc1F. The number of nitrogens with one attached hydrogen (secondary N) is 1. The number of rotatable bonds is 5. The van der Waals surface area contributed by atoms with E-state index >= 15 is 0 Å². The van der Waals surface area contributed by atoms with Crippen LogP contribution in [0.3, 0.4) is 0 Å². The van der Waals surface area contributed by atoms with Gasteiger partial charge in [0.2, 0.25) is 0 Å². The Hall–Kier alpha value is -1.87. The zero-order valence-corrected chi connectivity index (χ0v) is 12.2. The van der Waals surface area contributed by atoms with Gasteiger partial charge in [0.1, 0.15) is 11.6 Å². The fourth-order valence-corrected chi connectivity index (χ4v) is 2.18. The van der Waals surface area contributed by atoms with Crippen LogP contribution >= 0.6 is 0 Å². The molecule has 0 heterocycles. The molecular formula is C17H20FNO. The van der Waals surface area contributed by atoms with Crippen LogP contribution < -0.4 is 10.1 Å². The first-order valence-electron chi connectivity index (χ1n) is 6.80. The van der Waals surface area contributed by atoms with E-state index in [0.717, 1.165) is 29.0 Å². The lowest BCUT2D eigenvalue weighted by molar-refractivity contribution is 0.416. The van der Waals surface area contributed by atoms with E-state index in [0.29, 0.717) is 12.1 Å². The lowest BCUT2D eigenvalue weighted by Gasteiger charge is -2.12. The Morgan fingerprint density at radius 1 is 1.15 bits per heavy atom. The van der Waals surface area contributed by atoms with Crippen molar-refractivity contribution in [3.63, 3.8) is 0 Å². The number of ether oxygens (including phenoxy) is 1. The van der Waals surface area contributed by atoms with Gasteiger partial charge in [-0.2, -0.15) is 0 Å². The molecule has 0 aliphatic rings. The summed E-state index contributed by atoms with van der Waals surface area (Å²) in [5.74, 6) is 0.623. The highest BCUT2D eigenvalue weighted by Crippen LogP contribution is 2.31. The summed E-state index contributed by atoms with van der Waals surface area (Å²) < 4.78 is 19.2. The summed E-state index contributed by atoms with van der Waals surface area (Å²) in [5.41, 5.74) is 3.79. The number of benzene rings is 2. The highest BCUT2D eigenvalue weighted by Gasteiger charge is 2.09. The molecule has 3 heteroatoms. The fraction of sp³-hybridized carbons (Fsp3) is 0.294. The van der Waals surface area contributed by atoms with Crippen LogP contribution in [0.1, 0.15) is 18.1 Å². The number of hydrogen-bond acceptors (Lipinski definition) is 2. The molecule has 0 spiro atoms. The number of methoxy groups -OCH3 is 1. The van der Waals surface area contributed by atoms with Crippen LogP contribution in [0, 0.1) is 12.7 Å². The standard InChI is InChI=1S/C17H20FNO/c1-4-19-11-14-10-13(6-7-16(14)18)15-9-12(2)5-8-17(15)20-3/h5-10,19H,4,11H2,1-3H3. The summed E-state index contributed by atoms with van der Waals surface area (Å²) in [6, 6.07) is 11.2. The van der Waals surface area contributed by atoms with Crippen LogP contribution in [-0.2, 0) is 6.54 Å². The van der Waals surface area contributed by atoms with Crippen molar-refractivity contribution in [2.45, 2.75) is 20.4 Å². The van der Waals surface area contributed by atoms with Crippen LogP contribution in [0.15, 0.2) is 36.4 Å². The molecule has 20 heavy (non-hydrogen) atoms. The number of halogens is 1. The Balaban J connectivity index is 2.44. The zero-order valence-electron chi connectivity index (χ0n) is 12.2. The van der Waals surface area contributed by atoms with E-state index in [-0.39, 0.29) is 5.82 Å². The molecule has 0 unspecified atom stereocenters. The quantitative estimate of drug-likeness (QED) is 0.891. The zero-order chi connectivity index (χ0) is 14.5. The van der Waals surface area contributed by atoms with Crippen LogP contribution in [0.4, 0.5) is 4.39 Å². The first kappa shape index (κ1) is 14.5. The second-order valence-electron chi connectivity index (χ2n) is 4.79. The van der Waals surface area contributed by atoms with Crippen molar-refractivity contribution in [3.05, 3.63) is 53.3 Å². The van der Waals surface area contributed by atoms with Crippen LogP contribution in [0.2, 0.25) is 0 Å². The summed E-state index contributed by atoms with van der Waals surface area (Å²) in [4.78, 5) is 0. The summed E-state index contributed by atoms with van der Waals surface area (Å²) >= 11 is 0. The average molecular weight is 273 g/mol. The minimum atomic E-state index is -0.179. The maximum absolute atomic E-state index is 13.8. The van der Waals surface area contributed by atoms with Gasteiger partial charge in [-0.3, -0.25) is 0 Å². The van der Waals surface area contributed by atoms with E-state index in [1.807, 2.05) is 32.0 Å². The summed E-state index contributed by atoms with van der Waals surface area (Å²) in [6.45, 7) is 5.39. The molecular weight excluding hydrogens is 253 g/mol. The number of hydrogen-bond donors (Lipinski definition) is 1. The van der Waals surface area contributed by atoms with E-state index in [1.165, 1.54) is 6.07 Å². The Labute approximate surface area is 119 Å². The van der Waals surface area contributed by atoms with Gasteiger partial charge in [-0.15, -0.1) is 0 Å². The van der Waals surface area contributed by atoms with Crippen LogP contribution in [-0.4, -0.2) is 13.7 Å². The molecule has 2 nitrogen and oxygen atoms in total. The molecule has 0 saturated heterocycles. The minimum Gasteiger partial charge on any atom is -0.496 e. The van der Waals surface area contributed by atoms with Gasteiger partial charge in [0, 0.05) is 17.7 Å². The highest BCUT2D eigenvalue weighted by atomic mass is 19.1. The summed E-state index contributed by atoms with van der Waals surface area (Å²) in [6.07, 6.45) is 0. The van der Waals surface area contributed by atoms with Crippen molar-refractivity contribution in [1.29, 1.82) is 0 Å². The third-order valence-electron chi connectivity index (χ3n) is 3.28. The topological polar surface area (TPSA) is 21.3 Å². The largest absolute Gasteiger partial charge is 0.496 e. The maximum Gasteiger partial charge on any atom is 0.127 e. The Morgan fingerprint density at radius 3 is 2.65 bits per heavy atom. The predicted octanol–water partition coefficient (Wildman–Crippen LogP) is 3.92. The van der Waals surface area contributed by atoms with Crippen molar-refractivity contribution in [2.24, 2.45) is 0 Å². The van der Waals surface area contributed by atoms with Gasteiger partial charge < -0.3 is 10.1 Å². The van der Waals surface area contributed by atoms with Gasteiger partial charge in [-0.1, -0.05) is 24.6 Å². The lowest BCUT2D eigenvalue weighted by Crippen LogP contribution is -2.13. The lowest BCUT2D eigenvalue weighted by atomic mass is 10.00. The Morgan fingerprint density at radius 2 is 1.95 bits per heavy atom. The second-order valence-corrected chi connectivity index (χ2v) is 4.79. The van der Waals surface area contributed by atoms with Gasteiger partial charge in [0.15, 0.2) is 0 Å². The van der Waals surface area contributed by atoms with Gasteiger partial charge in [-0.05, 0) is 43.3 Å². The van der Waals surface area contributed by atoms with Crippen molar-refractivity contribution in [3.8, 4) is 16.9 Å². The highest BCUT2D eigenvalue weighted by molar-refractivity contribution is 5.71. The molecule has 0 atom stereocenters. The molecule has 2 rings (SSSR count). The van der Waals surface area contributed by atoms with Crippen molar-refractivity contribution < 1.29 is 9.13 Å². The van der Waals surface area contributed by atoms with Crippen LogP contribution in [0.25, 0.3) is 11.1 Å². The first-order valence-corrected chi connectivity index (χ1v) is 6.80. The molecule has 2 aromatic carbocycles. The van der Waals surface area contributed by atoms with E-state index in [9.17, 15) is 4.39 Å². The molecule has 0 fully saturated rings. The molecule has 106 valence electrons. The van der Waals surface area contributed by atoms with E-state index < -0.39 is 0 Å². The Bertz CT molecular complexity index is 596. The molecule has 0 bridgehead atoms. The third-order valence-corrected chi connectivity index (χ3v) is 3.28. The van der Waals surface area contributed by atoms with Crippen molar-refractivity contribution >= 4 is 0 Å². The summed E-state index contributed by atoms with van der Waals surface area (Å²) in [7, 11) is 1.65. The molecule has 0 amide bonds. The van der Waals surface area contributed by atoms with E-state index in [2.05, 4.69) is 11.4 Å². The van der Waals surface area contributed by atoms with Crippen molar-refractivity contribution in [2.75, 3.05) is 13.7 Å². The number of aryl methyl sites for hydroxylation is 1. The first-order chi connectivity index (χ1) is 9.65. The molecule has 0 aliphatic carbocycles. The summed E-state index contributed by atoms with van der Waals surface area (Å²) in [5, 5.41) is 3.15. The smallest absolute Gasteiger partial charge is 0.127 e. The minimum absolute atomic E-state index is 0.179. The molecule has 1 N–H and O–H groups in total. The van der Waals surface area contributed by atoms with E-state index in [4.69, 9.17) is 4.74 Å². The van der Waals surface area contributed by atoms with Gasteiger partial charge in [0.25, 0.3) is 0 Å². The second kappa shape index (κ2) is 6.53. The van der Waals surface area contributed by atoms with Gasteiger partial charge in [-0.25, -0.2) is 4.39 Å². The van der Waals surface area contributed by atoms with Gasteiger partial charge in [0.05, 0.1) is 7.11 Å². The van der Waals surface area contributed by atoms with Gasteiger partial charge >= 0.3 is 0 Å².